The summed E-state index contributed by atoms with van der Waals surface area (Å²) in [5.74, 6) is -7.91. The third kappa shape index (κ3) is 11.2. The van der Waals surface area contributed by atoms with Crippen molar-refractivity contribution in [3.05, 3.63) is 88.8 Å². The second-order valence-corrected chi connectivity index (χ2v) is 19.4. The summed E-state index contributed by atoms with van der Waals surface area (Å²) in [6.07, 6.45) is -6.23. The molecule has 6 atom stereocenters. The number of aliphatic hydroxyl groups is 4. The Morgan fingerprint density at radius 1 is 0.778 bits per heavy atom. The molecule has 26 nitrogen and oxygen atoms in total. The first-order valence-corrected chi connectivity index (χ1v) is 24.8. The van der Waals surface area contributed by atoms with E-state index in [0.717, 1.165) is 45.3 Å². The van der Waals surface area contributed by atoms with E-state index in [2.05, 4.69) is 63.1 Å². The van der Waals surface area contributed by atoms with Gasteiger partial charge in [0.2, 0.25) is 5.91 Å². The number of carboxylic acids is 1. The Bertz CT molecular complexity index is 3180. The molecule has 1 aliphatic heterocycles. The minimum absolute atomic E-state index is 0.0121. The number of primary amides is 1. The number of rotatable bonds is 10. The number of hydrogen-bond acceptors (Lipinski definition) is 24. The molecular weight excluding hydrogens is 1040 g/mol. The third-order valence-corrected chi connectivity index (χ3v) is 14.6. The molecule has 7 heterocycles. The van der Waals surface area contributed by atoms with Gasteiger partial charge in [-0.15, -0.1) is 56.7 Å². The van der Waals surface area contributed by atoms with Crippen LogP contribution in [0.4, 0.5) is 0 Å². The Hall–Kier alpha value is -7.49. The Kier molecular flexibility index (Phi) is 15.9. The Morgan fingerprint density at radius 2 is 1.35 bits per heavy atom. The number of aromatic hydroxyl groups is 1. The lowest BCUT2D eigenvalue weighted by Gasteiger charge is -2.24. The standard InChI is InChI=1S/C41H38N12O14S5/c1-12(30(42)59)43-31(60)18-9-71-39(48-18)26-22(56)5-15-25(50-26)17-7-69-37(45-17)16(6-54)44-32(61)19-10-72-40(49-19)27(28(57)29(58)41(65)66)53-34(63)21-11-70-38(47-21)24(14(3)67-4)52-35(64)23(13(2)55)51-33(62)20-8-68-36(15)46-20/h5,7-11,13,16,23,27-29,54-58H,1,6H2,2-4H3,(H2,42,59)(H,43,60)(H,44,61)(H,51,62)(H,52,64)(H,53,63)(H,65,66)/b24-14+/t13-,16+,23+,27+,28+,29+/m1/s1. The highest BCUT2D eigenvalue weighted by Gasteiger charge is 2.37. The highest BCUT2D eigenvalue weighted by atomic mass is 32.1. The fourth-order valence-corrected chi connectivity index (χ4v) is 10.5. The molecule has 72 heavy (non-hydrogen) atoms. The van der Waals surface area contributed by atoms with Crippen LogP contribution >= 0.6 is 56.7 Å². The van der Waals surface area contributed by atoms with E-state index in [9.17, 15) is 64.2 Å². The van der Waals surface area contributed by atoms with Crippen LogP contribution in [0.3, 0.4) is 0 Å². The zero-order chi connectivity index (χ0) is 52.3. The van der Waals surface area contributed by atoms with Crippen molar-refractivity contribution in [3.8, 4) is 38.4 Å². The summed E-state index contributed by atoms with van der Waals surface area (Å²) in [5, 5.41) is 82.5. The molecule has 0 aromatic carbocycles. The van der Waals surface area contributed by atoms with Gasteiger partial charge in [-0.25, -0.2) is 34.7 Å². The summed E-state index contributed by atoms with van der Waals surface area (Å²) in [7, 11) is 1.27. The van der Waals surface area contributed by atoms with Gasteiger partial charge in [0.15, 0.2) is 6.10 Å². The highest BCUT2D eigenvalue weighted by Crippen LogP contribution is 2.41. The lowest BCUT2D eigenvalue weighted by molar-refractivity contribution is -0.154. The molecule has 6 amide bonds. The quantitative estimate of drug-likeness (QED) is 0.0656. The predicted octanol–water partition coefficient (Wildman–Crippen LogP) is 0.484. The first kappa shape index (κ1) is 52.3. The second kappa shape index (κ2) is 21.9. The van der Waals surface area contributed by atoms with Gasteiger partial charge in [0, 0.05) is 32.5 Å². The van der Waals surface area contributed by atoms with Crippen molar-refractivity contribution >= 4 is 104 Å². The lowest BCUT2D eigenvalue weighted by atomic mass is 10.1. The molecule has 6 aromatic heterocycles. The number of carboxylic acid groups (broad SMARTS) is 1. The van der Waals surface area contributed by atoms with Crippen molar-refractivity contribution in [2.45, 2.75) is 50.3 Å². The van der Waals surface area contributed by atoms with Crippen molar-refractivity contribution < 1.29 is 68.9 Å². The van der Waals surface area contributed by atoms with Crippen molar-refractivity contribution in [1.29, 1.82) is 0 Å². The Morgan fingerprint density at radius 3 is 1.99 bits per heavy atom. The Labute approximate surface area is 424 Å². The smallest absolute Gasteiger partial charge is 0.335 e. The number of thiazole rings is 5. The van der Waals surface area contributed by atoms with Gasteiger partial charge < -0.3 is 67.7 Å². The van der Waals surface area contributed by atoms with E-state index in [1.807, 2.05) is 0 Å². The molecule has 0 aliphatic carbocycles. The van der Waals surface area contributed by atoms with Gasteiger partial charge in [-0.3, -0.25) is 28.8 Å². The summed E-state index contributed by atoms with van der Waals surface area (Å²) in [5.41, 5.74) is 3.64. The normalized spacial score (nSPS) is 18.5. The number of aliphatic carboxylic acids is 1. The molecule has 6 aromatic rings. The maximum atomic E-state index is 13.9. The molecule has 0 radical (unpaired) electrons. The van der Waals surface area contributed by atoms with Gasteiger partial charge in [-0.05, 0) is 19.9 Å². The van der Waals surface area contributed by atoms with Crippen molar-refractivity contribution in [3.63, 3.8) is 0 Å². The largest absolute Gasteiger partial charge is 0.506 e. The number of nitrogens with one attached hydrogen (secondary N) is 5. The molecular formula is C41H38N12O14S5. The summed E-state index contributed by atoms with van der Waals surface area (Å²) < 4.78 is 5.37. The molecule has 31 heteroatoms. The zero-order valence-electron chi connectivity index (χ0n) is 37.1. The van der Waals surface area contributed by atoms with Crippen molar-refractivity contribution in [2.75, 3.05) is 13.7 Å². The van der Waals surface area contributed by atoms with Crippen LogP contribution in [0.1, 0.15) is 82.9 Å². The van der Waals surface area contributed by atoms with Crippen LogP contribution < -0.4 is 32.3 Å². The maximum Gasteiger partial charge on any atom is 0.335 e. The number of allylic oxidation sites excluding steroid dienone is 1. The molecule has 8 bridgehead atoms. The number of amides is 6. The summed E-state index contributed by atoms with van der Waals surface area (Å²) >= 11 is 4.30. The number of hydrogen-bond donors (Lipinski definition) is 12. The molecule has 0 saturated carbocycles. The van der Waals surface area contributed by atoms with Crippen LogP contribution in [-0.4, -0.2) is 140 Å². The van der Waals surface area contributed by atoms with E-state index >= 15 is 0 Å². The molecule has 7 rings (SSSR count). The number of fused-ring (bicyclic) bond motifs is 11. The average Bonchev–Trinajstić information content (AvgIpc) is 4.22. The van der Waals surface area contributed by atoms with Crippen LogP contribution in [0.2, 0.25) is 0 Å². The molecule has 13 N–H and O–H groups in total. The number of nitrogens with two attached hydrogens (primary N) is 1. The van der Waals surface area contributed by atoms with Crippen molar-refractivity contribution in [1.82, 2.24) is 56.5 Å². The van der Waals surface area contributed by atoms with E-state index in [-0.39, 0.29) is 81.9 Å². The van der Waals surface area contributed by atoms with E-state index in [0.29, 0.717) is 11.3 Å². The number of aromatic nitrogens is 6. The average molecular weight is 1080 g/mol. The molecule has 1 aliphatic rings. The van der Waals surface area contributed by atoms with E-state index in [1.165, 1.54) is 53.9 Å². The third-order valence-electron chi connectivity index (χ3n) is 10.2. The number of ether oxygens (including phenoxy) is 1. The van der Waals surface area contributed by atoms with Crippen LogP contribution in [0.25, 0.3) is 38.4 Å². The van der Waals surface area contributed by atoms with Crippen LogP contribution in [0, 0.1) is 0 Å². The van der Waals surface area contributed by atoms with Gasteiger partial charge in [0.05, 0.1) is 25.5 Å². The zero-order valence-corrected chi connectivity index (χ0v) is 41.2. The lowest BCUT2D eigenvalue weighted by Crippen LogP contribution is -2.52. The number of carbonyl (C=O) groups excluding carboxylic acids is 6. The van der Waals surface area contributed by atoms with Crippen LogP contribution in [-0.2, 0) is 19.1 Å². The SMILES string of the molecule is C=C(NC(=O)c1csc(-c2nc3c(cc2O)-c2nc(cs2)C(=O)N[C@@H]([C@@H](C)O)C(=O)N/C(=C(\C)OC)c2nc(cs2)C(=O)N[C@@H]([C@H](O)[C@H](O)C(=O)O)c2nc(cs2)C(=O)N[C@@H](CO)c2nc-3cs2)n1)C(N)=O. The number of carbonyl (C=O) groups is 7. The topological polar surface area (TPSA) is 414 Å². The molecule has 0 spiro atoms. The molecule has 376 valence electrons. The highest BCUT2D eigenvalue weighted by molar-refractivity contribution is 7.14. The number of pyridine rings is 1. The molecule has 0 fully saturated rings. The van der Waals surface area contributed by atoms with Gasteiger partial charge in [0.1, 0.15) is 106 Å². The van der Waals surface area contributed by atoms with Gasteiger partial charge in [-0.2, -0.15) is 0 Å². The molecule has 0 unspecified atom stereocenters. The van der Waals surface area contributed by atoms with Gasteiger partial charge >= 0.3 is 5.97 Å². The second-order valence-electron chi connectivity index (χ2n) is 15.1. The van der Waals surface area contributed by atoms with E-state index in [1.54, 1.807) is 0 Å². The minimum atomic E-state index is -2.46. The van der Waals surface area contributed by atoms with Crippen LogP contribution in [0.5, 0.6) is 5.75 Å². The number of aliphatic hydroxyl groups excluding tert-OH is 4. The van der Waals surface area contributed by atoms with Crippen molar-refractivity contribution in [2.24, 2.45) is 5.73 Å². The summed E-state index contributed by atoms with van der Waals surface area (Å²) in [4.78, 5) is 118. The fourth-order valence-electron chi connectivity index (χ4n) is 6.32. The van der Waals surface area contributed by atoms with Gasteiger partial charge in [0.25, 0.3) is 29.5 Å². The molecule has 0 saturated heterocycles. The first-order chi connectivity index (χ1) is 34.2. The fraction of sp³-hybridized carbons (Fsp3) is 0.244. The Balaban J connectivity index is 1.34. The maximum absolute atomic E-state index is 13.9. The van der Waals surface area contributed by atoms with Crippen LogP contribution in [0.15, 0.2) is 51.0 Å². The summed E-state index contributed by atoms with van der Waals surface area (Å²) in [6.45, 7) is 5.35. The monoisotopic (exact) mass is 1080 g/mol. The first-order valence-electron chi connectivity index (χ1n) is 20.4. The van der Waals surface area contributed by atoms with E-state index in [4.69, 9.17) is 10.5 Å². The number of methoxy groups -OCH3 is 1. The minimum Gasteiger partial charge on any atom is -0.506 e. The summed E-state index contributed by atoms with van der Waals surface area (Å²) in [6, 6.07) is -3.39. The van der Waals surface area contributed by atoms with Gasteiger partial charge in [-0.1, -0.05) is 6.58 Å². The predicted molar refractivity (Wildman–Crippen MR) is 257 cm³/mol. The number of nitrogens with zero attached hydrogens (tertiary/aromatic N) is 6. The van der Waals surface area contributed by atoms with E-state index < -0.39 is 95.9 Å².